The number of thiophene rings is 1. The molecular weight excluding hydrogens is 178 g/mol. The first-order valence-corrected chi connectivity index (χ1v) is 6.11. The second-order valence-electron chi connectivity index (χ2n) is 3.90. The van der Waals surface area contributed by atoms with Crippen molar-refractivity contribution in [3.63, 3.8) is 0 Å². The Morgan fingerprint density at radius 2 is 2.46 bits per heavy atom. The molecule has 1 nitrogen and oxygen atoms in total. The van der Waals surface area contributed by atoms with Gasteiger partial charge >= 0.3 is 0 Å². The number of rotatable bonds is 2. The van der Waals surface area contributed by atoms with Crippen LogP contribution in [0.4, 0.5) is 0 Å². The standard InChI is InChI=1S/C11H17NS/c1-2-5-12-8-10(3-1)7-11-4-6-13-9-11/h4,6,9-10,12H,1-3,5,7-8H2. The SMILES string of the molecule is c1cc(CC2CCCCNC2)cs1. The minimum absolute atomic E-state index is 0.872. The lowest BCUT2D eigenvalue weighted by molar-refractivity contribution is 0.478. The number of nitrogens with one attached hydrogen (secondary N) is 1. The van der Waals surface area contributed by atoms with Gasteiger partial charge in [0.2, 0.25) is 0 Å². The summed E-state index contributed by atoms with van der Waals surface area (Å²) in [6, 6.07) is 2.26. The Hall–Kier alpha value is -0.340. The molecule has 2 heteroatoms. The summed E-state index contributed by atoms with van der Waals surface area (Å²) in [5, 5.41) is 7.98. The summed E-state index contributed by atoms with van der Waals surface area (Å²) in [7, 11) is 0. The zero-order valence-electron chi connectivity index (χ0n) is 7.96. The van der Waals surface area contributed by atoms with Gasteiger partial charge in [0.1, 0.15) is 0 Å². The molecule has 0 spiro atoms. The van der Waals surface area contributed by atoms with E-state index < -0.39 is 0 Å². The van der Waals surface area contributed by atoms with Crippen molar-refractivity contribution in [2.75, 3.05) is 13.1 Å². The molecule has 13 heavy (non-hydrogen) atoms. The highest BCUT2D eigenvalue weighted by atomic mass is 32.1. The van der Waals surface area contributed by atoms with Gasteiger partial charge in [-0.25, -0.2) is 0 Å². The highest BCUT2D eigenvalue weighted by Gasteiger charge is 2.12. The third-order valence-electron chi connectivity index (χ3n) is 2.75. The Kier molecular flexibility index (Phi) is 3.39. The summed E-state index contributed by atoms with van der Waals surface area (Å²) in [5.41, 5.74) is 1.53. The van der Waals surface area contributed by atoms with Gasteiger partial charge in [-0.05, 0) is 60.7 Å². The first kappa shape index (κ1) is 9.22. The van der Waals surface area contributed by atoms with E-state index >= 15 is 0 Å². The molecule has 1 unspecified atom stereocenters. The van der Waals surface area contributed by atoms with E-state index in [2.05, 4.69) is 22.1 Å². The van der Waals surface area contributed by atoms with Gasteiger partial charge in [0, 0.05) is 0 Å². The highest BCUT2D eigenvalue weighted by molar-refractivity contribution is 7.07. The number of hydrogen-bond acceptors (Lipinski definition) is 2. The van der Waals surface area contributed by atoms with Crippen molar-refractivity contribution in [1.82, 2.24) is 5.32 Å². The fourth-order valence-electron chi connectivity index (χ4n) is 2.01. The molecular formula is C11H17NS. The lowest BCUT2D eigenvalue weighted by Gasteiger charge is -2.12. The molecule has 1 fully saturated rings. The average molecular weight is 195 g/mol. The van der Waals surface area contributed by atoms with Gasteiger partial charge in [-0.2, -0.15) is 11.3 Å². The fraction of sp³-hybridized carbons (Fsp3) is 0.636. The van der Waals surface area contributed by atoms with E-state index in [0.717, 1.165) is 5.92 Å². The third-order valence-corrected chi connectivity index (χ3v) is 3.49. The first-order chi connectivity index (χ1) is 6.45. The van der Waals surface area contributed by atoms with Crippen molar-refractivity contribution in [1.29, 1.82) is 0 Å². The summed E-state index contributed by atoms with van der Waals surface area (Å²) in [4.78, 5) is 0. The predicted molar refractivity (Wildman–Crippen MR) is 58.2 cm³/mol. The Morgan fingerprint density at radius 1 is 1.46 bits per heavy atom. The van der Waals surface area contributed by atoms with Crippen LogP contribution in [0.2, 0.25) is 0 Å². The Labute approximate surface area is 84.2 Å². The monoisotopic (exact) mass is 195 g/mol. The Bertz CT molecular complexity index is 222. The second kappa shape index (κ2) is 4.77. The molecule has 0 saturated carbocycles. The van der Waals surface area contributed by atoms with E-state index in [1.807, 2.05) is 11.3 Å². The summed E-state index contributed by atoms with van der Waals surface area (Å²) >= 11 is 1.81. The van der Waals surface area contributed by atoms with Crippen molar-refractivity contribution >= 4 is 11.3 Å². The van der Waals surface area contributed by atoms with Gasteiger partial charge in [0.05, 0.1) is 0 Å². The molecule has 1 saturated heterocycles. The van der Waals surface area contributed by atoms with Crippen LogP contribution in [0.25, 0.3) is 0 Å². The molecule has 1 aliphatic heterocycles. The summed E-state index contributed by atoms with van der Waals surface area (Å²) in [5.74, 6) is 0.872. The zero-order chi connectivity index (χ0) is 8.93. The molecule has 0 aromatic carbocycles. The first-order valence-electron chi connectivity index (χ1n) is 5.17. The molecule has 1 aromatic rings. The van der Waals surface area contributed by atoms with Crippen LogP contribution in [0.3, 0.4) is 0 Å². The maximum absolute atomic E-state index is 3.51. The Morgan fingerprint density at radius 3 is 3.31 bits per heavy atom. The van der Waals surface area contributed by atoms with Crippen LogP contribution in [0, 0.1) is 5.92 Å². The van der Waals surface area contributed by atoms with Gasteiger partial charge in [-0.1, -0.05) is 6.42 Å². The highest BCUT2D eigenvalue weighted by Crippen LogP contribution is 2.18. The van der Waals surface area contributed by atoms with Crippen molar-refractivity contribution in [2.24, 2.45) is 5.92 Å². The van der Waals surface area contributed by atoms with Gasteiger partial charge in [-0.3, -0.25) is 0 Å². The summed E-state index contributed by atoms with van der Waals surface area (Å²) in [6.45, 7) is 2.44. The molecule has 0 amide bonds. The van der Waals surface area contributed by atoms with Crippen molar-refractivity contribution < 1.29 is 0 Å². The lowest BCUT2D eigenvalue weighted by Crippen LogP contribution is -2.21. The molecule has 0 radical (unpaired) electrons. The second-order valence-corrected chi connectivity index (χ2v) is 4.68. The lowest BCUT2D eigenvalue weighted by atomic mass is 9.97. The van der Waals surface area contributed by atoms with Crippen LogP contribution in [0.1, 0.15) is 24.8 Å². The van der Waals surface area contributed by atoms with Crippen molar-refractivity contribution in [3.8, 4) is 0 Å². The molecule has 2 rings (SSSR count). The molecule has 72 valence electrons. The predicted octanol–water partition coefficient (Wildman–Crippen LogP) is 2.68. The molecule has 1 N–H and O–H groups in total. The number of hydrogen-bond donors (Lipinski definition) is 1. The van der Waals surface area contributed by atoms with E-state index in [0.29, 0.717) is 0 Å². The fourth-order valence-corrected chi connectivity index (χ4v) is 2.69. The maximum atomic E-state index is 3.51. The quantitative estimate of drug-likeness (QED) is 0.765. The zero-order valence-corrected chi connectivity index (χ0v) is 8.78. The van der Waals surface area contributed by atoms with E-state index in [4.69, 9.17) is 0 Å². The molecule has 1 atom stereocenters. The maximum Gasteiger partial charge on any atom is -0.00173 e. The van der Waals surface area contributed by atoms with Gasteiger partial charge < -0.3 is 5.32 Å². The van der Waals surface area contributed by atoms with Gasteiger partial charge in [0.25, 0.3) is 0 Å². The normalized spacial score (nSPS) is 24.2. The molecule has 0 aliphatic carbocycles. The smallest absolute Gasteiger partial charge is 0.00173 e. The van der Waals surface area contributed by atoms with Gasteiger partial charge in [-0.15, -0.1) is 0 Å². The minimum atomic E-state index is 0.872. The Balaban J connectivity index is 1.86. The summed E-state index contributed by atoms with van der Waals surface area (Å²) < 4.78 is 0. The van der Waals surface area contributed by atoms with E-state index in [1.54, 1.807) is 0 Å². The molecule has 2 heterocycles. The average Bonchev–Trinajstić information content (AvgIpc) is 2.49. The van der Waals surface area contributed by atoms with E-state index in [-0.39, 0.29) is 0 Å². The van der Waals surface area contributed by atoms with Crippen LogP contribution in [0.5, 0.6) is 0 Å². The van der Waals surface area contributed by atoms with Gasteiger partial charge in [0.15, 0.2) is 0 Å². The van der Waals surface area contributed by atoms with Crippen LogP contribution < -0.4 is 5.32 Å². The van der Waals surface area contributed by atoms with Crippen LogP contribution in [-0.4, -0.2) is 13.1 Å². The van der Waals surface area contributed by atoms with E-state index in [9.17, 15) is 0 Å². The molecule has 1 aromatic heterocycles. The van der Waals surface area contributed by atoms with Crippen LogP contribution in [-0.2, 0) is 6.42 Å². The molecule has 1 aliphatic rings. The molecule has 0 bridgehead atoms. The summed E-state index contributed by atoms with van der Waals surface area (Å²) in [6.07, 6.45) is 5.45. The van der Waals surface area contributed by atoms with E-state index in [1.165, 1.54) is 44.3 Å². The minimum Gasteiger partial charge on any atom is -0.316 e. The van der Waals surface area contributed by atoms with Crippen molar-refractivity contribution in [3.05, 3.63) is 22.4 Å². The third kappa shape index (κ3) is 2.82. The van der Waals surface area contributed by atoms with Crippen molar-refractivity contribution in [2.45, 2.75) is 25.7 Å². The van der Waals surface area contributed by atoms with Crippen LogP contribution in [0.15, 0.2) is 16.8 Å². The largest absolute Gasteiger partial charge is 0.316 e. The topological polar surface area (TPSA) is 12.0 Å². The van der Waals surface area contributed by atoms with Crippen LogP contribution >= 0.6 is 11.3 Å².